The minimum Gasteiger partial charge on any atom is -0.314 e. The van der Waals surface area contributed by atoms with Gasteiger partial charge in [0.1, 0.15) is 0 Å². The standard InChI is InChI=1S/C16H21F3N2O2S2.ClH/c17-16(18,19)24-14-3-5-15(6-4-14)25(22,23)21-9-7-13(8-10-21)20-11-12-1-2-12;/h3-6,12-13,20H,1-2,7-11H2;1H. The fourth-order valence-electron chi connectivity index (χ4n) is 2.92. The molecule has 1 N–H and O–H groups in total. The number of thioether (sulfide) groups is 1. The van der Waals surface area contributed by atoms with Crippen LogP contribution in [0, 0.1) is 5.92 Å². The lowest BCUT2D eigenvalue weighted by molar-refractivity contribution is -0.0328. The van der Waals surface area contributed by atoms with Crippen LogP contribution in [0.25, 0.3) is 0 Å². The van der Waals surface area contributed by atoms with E-state index < -0.39 is 15.5 Å². The third-order valence-electron chi connectivity index (χ3n) is 4.54. The van der Waals surface area contributed by atoms with Gasteiger partial charge in [-0.15, -0.1) is 12.4 Å². The highest BCUT2D eigenvalue weighted by atomic mass is 35.5. The molecule has 1 saturated carbocycles. The predicted molar refractivity (Wildman–Crippen MR) is 98.1 cm³/mol. The summed E-state index contributed by atoms with van der Waals surface area (Å²) in [5.74, 6) is 0.787. The molecule has 3 rings (SSSR count). The molecule has 0 aromatic heterocycles. The van der Waals surface area contributed by atoms with Crippen LogP contribution in [-0.2, 0) is 10.0 Å². The molecule has 0 amide bonds. The summed E-state index contributed by atoms with van der Waals surface area (Å²) in [6.07, 6.45) is 4.08. The topological polar surface area (TPSA) is 49.4 Å². The van der Waals surface area contributed by atoms with Crippen molar-refractivity contribution in [2.24, 2.45) is 5.92 Å². The Morgan fingerprint density at radius 1 is 1.08 bits per heavy atom. The molecule has 4 nitrogen and oxygen atoms in total. The molecule has 0 spiro atoms. The zero-order chi connectivity index (χ0) is 18.1. The number of alkyl halides is 3. The predicted octanol–water partition coefficient (Wildman–Crippen LogP) is 3.87. The Morgan fingerprint density at radius 2 is 1.65 bits per heavy atom. The van der Waals surface area contributed by atoms with E-state index in [4.69, 9.17) is 0 Å². The highest BCUT2D eigenvalue weighted by molar-refractivity contribution is 8.00. The van der Waals surface area contributed by atoms with Crippen LogP contribution in [0.2, 0.25) is 0 Å². The molecule has 2 fully saturated rings. The summed E-state index contributed by atoms with van der Waals surface area (Å²) in [4.78, 5) is 0.0258. The molecule has 1 aromatic carbocycles. The van der Waals surface area contributed by atoms with Crippen LogP contribution in [0.1, 0.15) is 25.7 Å². The number of rotatable bonds is 6. The third kappa shape index (κ3) is 6.02. The summed E-state index contributed by atoms with van der Waals surface area (Å²) in [5.41, 5.74) is -4.38. The summed E-state index contributed by atoms with van der Waals surface area (Å²) < 4.78 is 63.8. The maximum atomic E-state index is 12.6. The van der Waals surface area contributed by atoms with Gasteiger partial charge >= 0.3 is 5.51 Å². The van der Waals surface area contributed by atoms with Crippen LogP contribution < -0.4 is 5.32 Å². The second-order valence-electron chi connectivity index (χ2n) is 6.55. The van der Waals surface area contributed by atoms with Crippen molar-refractivity contribution >= 4 is 34.2 Å². The molecule has 148 valence electrons. The molecule has 1 heterocycles. The van der Waals surface area contributed by atoms with Gasteiger partial charge in [-0.3, -0.25) is 0 Å². The lowest BCUT2D eigenvalue weighted by Gasteiger charge is -2.31. The Labute approximate surface area is 162 Å². The summed E-state index contributed by atoms with van der Waals surface area (Å²) >= 11 is -0.248. The van der Waals surface area contributed by atoms with Crippen LogP contribution >= 0.6 is 24.2 Å². The van der Waals surface area contributed by atoms with Gasteiger partial charge in [0.05, 0.1) is 4.90 Å². The second kappa shape index (κ2) is 8.68. The first kappa shape index (κ1) is 21.8. The monoisotopic (exact) mass is 430 g/mol. The number of benzene rings is 1. The minimum atomic E-state index is -4.38. The van der Waals surface area contributed by atoms with E-state index in [0.29, 0.717) is 19.1 Å². The molecule has 26 heavy (non-hydrogen) atoms. The number of halogens is 4. The van der Waals surface area contributed by atoms with Crippen LogP contribution in [0.5, 0.6) is 0 Å². The van der Waals surface area contributed by atoms with Crippen molar-refractivity contribution in [2.45, 2.75) is 47.0 Å². The molecular weight excluding hydrogens is 409 g/mol. The fraction of sp³-hybridized carbons (Fsp3) is 0.625. The molecule has 10 heteroatoms. The molecule has 0 unspecified atom stereocenters. The van der Waals surface area contributed by atoms with E-state index in [0.717, 1.165) is 25.3 Å². The maximum Gasteiger partial charge on any atom is 0.446 e. The Balaban J connectivity index is 0.00000243. The van der Waals surface area contributed by atoms with E-state index in [2.05, 4.69) is 5.32 Å². The van der Waals surface area contributed by atoms with Crippen molar-refractivity contribution < 1.29 is 21.6 Å². The maximum absolute atomic E-state index is 12.6. The van der Waals surface area contributed by atoms with E-state index in [1.807, 2.05) is 0 Å². The molecule has 2 aliphatic rings. The van der Waals surface area contributed by atoms with Gasteiger partial charge in [-0.05, 0) is 74.2 Å². The lowest BCUT2D eigenvalue weighted by Crippen LogP contribution is -2.45. The van der Waals surface area contributed by atoms with Gasteiger partial charge in [-0.2, -0.15) is 17.5 Å². The molecule has 1 saturated heterocycles. The average Bonchev–Trinajstić information content (AvgIpc) is 3.37. The highest BCUT2D eigenvalue weighted by Gasteiger charge is 2.32. The summed E-state index contributed by atoms with van der Waals surface area (Å²) in [7, 11) is -3.65. The van der Waals surface area contributed by atoms with Gasteiger partial charge in [0.2, 0.25) is 10.0 Å². The van der Waals surface area contributed by atoms with Gasteiger partial charge in [0, 0.05) is 24.0 Å². The van der Waals surface area contributed by atoms with E-state index in [1.165, 1.54) is 41.4 Å². The minimum absolute atomic E-state index is 0. The largest absolute Gasteiger partial charge is 0.446 e. The SMILES string of the molecule is Cl.O=S(=O)(c1ccc(SC(F)(F)F)cc1)N1CCC(NCC2CC2)CC1. The van der Waals surface area contributed by atoms with Crippen LogP contribution in [0.15, 0.2) is 34.1 Å². The van der Waals surface area contributed by atoms with E-state index in [1.54, 1.807) is 0 Å². The van der Waals surface area contributed by atoms with Crippen molar-refractivity contribution in [3.05, 3.63) is 24.3 Å². The average molecular weight is 431 g/mol. The Bertz CT molecular complexity index is 686. The van der Waals surface area contributed by atoms with Gasteiger partial charge in [-0.1, -0.05) is 0 Å². The van der Waals surface area contributed by atoms with Crippen LogP contribution in [0.3, 0.4) is 0 Å². The van der Waals surface area contributed by atoms with Gasteiger partial charge in [-0.25, -0.2) is 8.42 Å². The summed E-state index contributed by atoms with van der Waals surface area (Å²) in [6, 6.07) is 5.25. The van der Waals surface area contributed by atoms with Gasteiger partial charge in [0.15, 0.2) is 0 Å². The molecule has 0 bridgehead atoms. The third-order valence-corrected chi connectivity index (χ3v) is 7.19. The number of nitrogens with one attached hydrogen (secondary N) is 1. The Morgan fingerprint density at radius 3 is 2.15 bits per heavy atom. The molecular formula is C16H22ClF3N2O2S2. The lowest BCUT2D eigenvalue weighted by atomic mass is 10.1. The zero-order valence-electron chi connectivity index (χ0n) is 14.0. The first-order valence-corrected chi connectivity index (χ1v) is 10.6. The zero-order valence-corrected chi connectivity index (χ0v) is 16.5. The van der Waals surface area contributed by atoms with Crippen molar-refractivity contribution in [3.63, 3.8) is 0 Å². The second-order valence-corrected chi connectivity index (χ2v) is 9.63. The molecule has 1 aromatic rings. The van der Waals surface area contributed by atoms with Gasteiger partial charge in [0.25, 0.3) is 0 Å². The molecule has 0 radical (unpaired) electrons. The van der Waals surface area contributed by atoms with Crippen molar-refractivity contribution in [1.29, 1.82) is 0 Å². The Hall–Kier alpha value is -0.480. The van der Waals surface area contributed by atoms with E-state index >= 15 is 0 Å². The first-order valence-electron chi connectivity index (χ1n) is 8.33. The number of piperidine rings is 1. The van der Waals surface area contributed by atoms with Crippen molar-refractivity contribution in [1.82, 2.24) is 9.62 Å². The summed E-state index contributed by atoms with van der Waals surface area (Å²) in [6.45, 7) is 1.88. The molecule has 1 aliphatic heterocycles. The first-order chi connectivity index (χ1) is 11.7. The number of hydrogen-bond acceptors (Lipinski definition) is 4. The number of nitrogens with zero attached hydrogens (tertiary/aromatic N) is 1. The van der Waals surface area contributed by atoms with E-state index in [-0.39, 0.29) is 34.0 Å². The van der Waals surface area contributed by atoms with Gasteiger partial charge < -0.3 is 5.32 Å². The smallest absolute Gasteiger partial charge is 0.314 e. The quantitative estimate of drug-likeness (QED) is 0.696. The number of hydrogen-bond donors (Lipinski definition) is 1. The van der Waals surface area contributed by atoms with Crippen LogP contribution in [0.4, 0.5) is 13.2 Å². The Kier molecular flexibility index (Phi) is 7.29. The normalized spacial score (nSPS) is 20.0. The van der Waals surface area contributed by atoms with Crippen molar-refractivity contribution in [3.8, 4) is 0 Å². The van der Waals surface area contributed by atoms with Crippen molar-refractivity contribution in [2.75, 3.05) is 19.6 Å². The highest BCUT2D eigenvalue weighted by Crippen LogP contribution is 2.37. The molecule has 0 atom stereocenters. The van der Waals surface area contributed by atoms with Crippen LogP contribution in [-0.4, -0.2) is 43.9 Å². The fourth-order valence-corrected chi connectivity index (χ4v) is 4.93. The number of sulfonamides is 1. The molecule has 1 aliphatic carbocycles. The van der Waals surface area contributed by atoms with E-state index in [9.17, 15) is 21.6 Å². The summed E-state index contributed by atoms with van der Waals surface area (Å²) in [5, 5.41) is 3.49.